The molecule has 2 aromatic carbocycles. The van der Waals surface area contributed by atoms with Gasteiger partial charge in [-0.15, -0.1) is 32.9 Å². The highest BCUT2D eigenvalue weighted by molar-refractivity contribution is 7.17. The van der Waals surface area contributed by atoms with Gasteiger partial charge >= 0.3 is 0 Å². The van der Waals surface area contributed by atoms with Crippen molar-refractivity contribution in [3.05, 3.63) is 128 Å². The summed E-state index contributed by atoms with van der Waals surface area (Å²) in [5.41, 5.74) is 9.25. The number of anilines is 2. The maximum atomic E-state index is 13.5. The number of ketones is 2. The smallest absolute Gasteiger partial charge is 0.210 e. The number of hydrogen-bond donors (Lipinski definition) is 1. The maximum absolute atomic E-state index is 13.5. The van der Waals surface area contributed by atoms with Gasteiger partial charge in [0.25, 0.3) is 0 Å². The Labute approximate surface area is 423 Å². The molecule has 1 fully saturated rings. The fraction of sp³-hybridized carbons (Fsp3) is 0.527. The predicted molar refractivity (Wildman–Crippen MR) is 282 cm³/mol. The SMILES string of the molecule is CN(CCOCc1cn(Cc2cc(C(C)(C)C)cc(C(C)(C)C)c2)nn1)c1ccc(C2C(=O)C(=O)C(c3ccc(N(C)CCOCc4cn(Cc5cc(C(C)(C)C)cc(C(C)(C)C)c5)nn4)s3)C2O)s1. The van der Waals surface area contributed by atoms with Gasteiger partial charge in [0.15, 0.2) is 0 Å². The fourth-order valence-electron chi connectivity index (χ4n) is 8.45. The van der Waals surface area contributed by atoms with Crippen molar-refractivity contribution < 1.29 is 24.2 Å². The van der Waals surface area contributed by atoms with Gasteiger partial charge in [0.2, 0.25) is 11.6 Å². The molecule has 6 aromatic rings. The van der Waals surface area contributed by atoms with Crippen LogP contribution in [0, 0.1) is 0 Å². The van der Waals surface area contributed by atoms with Gasteiger partial charge in [0.05, 0.1) is 79.9 Å². The summed E-state index contributed by atoms with van der Waals surface area (Å²) in [5, 5.41) is 30.9. The summed E-state index contributed by atoms with van der Waals surface area (Å²) in [5.74, 6) is -2.93. The number of thiophene rings is 2. The van der Waals surface area contributed by atoms with Crippen molar-refractivity contribution in [3.63, 3.8) is 0 Å². The normalized spacial score (nSPS) is 17.0. The number of hydrogen-bond acceptors (Lipinski definition) is 13. The Bertz CT molecular complexity index is 2510. The monoisotopic (exact) mass is 991 g/mol. The van der Waals surface area contributed by atoms with Crippen LogP contribution >= 0.6 is 22.7 Å². The highest BCUT2D eigenvalue weighted by Crippen LogP contribution is 2.45. The minimum Gasteiger partial charge on any atom is -0.391 e. The van der Waals surface area contributed by atoms with Gasteiger partial charge in [0.1, 0.15) is 11.4 Å². The Kier molecular flexibility index (Phi) is 15.8. The van der Waals surface area contributed by atoms with Crippen LogP contribution < -0.4 is 9.80 Å². The Morgan fingerprint density at radius 2 is 0.900 bits per heavy atom. The van der Waals surface area contributed by atoms with E-state index in [1.54, 1.807) is 0 Å². The molecule has 0 bridgehead atoms. The van der Waals surface area contributed by atoms with E-state index in [1.165, 1.54) is 56.1 Å². The van der Waals surface area contributed by atoms with Gasteiger partial charge < -0.3 is 24.4 Å². The number of rotatable bonds is 18. The molecule has 1 N–H and O–H groups in total. The molecule has 7 rings (SSSR count). The second-order valence-electron chi connectivity index (χ2n) is 23.1. The Balaban J connectivity index is 0.862. The Hall–Kier alpha value is -5.06. The van der Waals surface area contributed by atoms with Crippen LogP contribution in [-0.4, -0.2) is 93.2 Å². The molecule has 70 heavy (non-hydrogen) atoms. The number of aromatic nitrogens is 6. The number of aliphatic hydroxyl groups is 1. The minimum atomic E-state index is -1.16. The zero-order chi connectivity index (χ0) is 50.9. The average Bonchev–Trinajstić information content (AvgIpc) is 4.13. The van der Waals surface area contributed by atoms with Gasteiger partial charge in [-0.1, -0.05) is 130 Å². The molecule has 1 saturated carbocycles. The molecule has 0 spiro atoms. The number of ether oxygens (including phenoxy) is 2. The number of benzene rings is 2. The van der Waals surface area contributed by atoms with E-state index in [4.69, 9.17) is 9.47 Å². The van der Waals surface area contributed by atoms with Crippen LogP contribution in [0.3, 0.4) is 0 Å². The van der Waals surface area contributed by atoms with Crippen LogP contribution in [0.25, 0.3) is 0 Å². The molecule has 2 unspecified atom stereocenters. The second kappa shape index (κ2) is 21.0. The van der Waals surface area contributed by atoms with Crippen molar-refractivity contribution in [2.75, 3.05) is 50.2 Å². The second-order valence-corrected chi connectivity index (χ2v) is 25.3. The van der Waals surface area contributed by atoms with Gasteiger partial charge in [-0.05, 0) is 79.3 Å². The first-order valence-corrected chi connectivity index (χ1v) is 26.0. The van der Waals surface area contributed by atoms with Gasteiger partial charge in [0, 0.05) is 36.9 Å². The highest BCUT2D eigenvalue weighted by Gasteiger charge is 2.51. The van der Waals surface area contributed by atoms with Gasteiger partial charge in [-0.25, -0.2) is 9.36 Å². The lowest BCUT2D eigenvalue weighted by Gasteiger charge is -2.26. The van der Waals surface area contributed by atoms with E-state index in [0.29, 0.717) is 62.4 Å². The van der Waals surface area contributed by atoms with Gasteiger partial charge in [-0.2, -0.15) is 0 Å². The molecule has 0 amide bonds. The van der Waals surface area contributed by atoms with Crippen LogP contribution in [0.1, 0.15) is 149 Å². The summed E-state index contributed by atoms with van der Waals surface area (Å²) < 4.78 is 15.8. The summed E-state index contributed by atoms with van der Waals surface area (Å²) in [4.78, 5) is 32.4. The highest BCUT2D eigenvalue weighted by atomic mass is 32.1. The average molecular weight is 991 g/mol. The number of carbonyl (C=O) groups excluding carboxylic acids is 2. The van der Waals surface area contributed by atoms with E-state index >= 15 is 0 Å². The molecule has 2 atom stereocenters. The third kappa shape index (κ3) is 12.9. The lowest BCUT2D eigenvalue weighted by atomic mass is 9.79. The van der Waals surface area contributed by atoms with Crippen molar-refractivity contribution in [1.29, 1.82) is 0 Å². The third-order valence-electron chi connectivity index (χ3n) is 13.0. The van der Waals surface area contributed by atoms with E-state index in [2.05, 4.69) is 150 Å². The number of carbonyl (C=O) groups is 2. The first-order valence-electron chi connectivity index (χ1n) is 24.4. The van der Waals surface area contributed by atoms with Crippen LogP contribution in [0.5, 0.6) is 0 Å². The predicted octanol–water partition coefficient (Wildman–Crippen LogP) is 9.97. The summed E-state index contributed by atoms with van der Waals surface area (Å²) in [6.45, 7) is 30.9. The standard InChI is InChI=1S/C55H74N8O5S2/c1-52(2,3)37-23-35(24-38(27-37)53(4,5)6)29-62-31-41(56-58-62)33-67-21-19-60(13)45-17-15-43(69-45)47-49(64)48(51(66)50(47)65)44-16-18-46(70-44)61(14)20-22-68-34-42-32-63(59-57-42)30-36-25-39(54(7,8)9)28-40(26-36)55(10,11)12/h15-18,23-28,31-32,47-49,64H,19-22,29-30,33-34H2,1-14H3. The number of Topliss-reactive ketones (excluding diaryl/α,β-unsaturated/α-hetero) is 2. The molecule has 4 heterocycles. The molecule has 15 heteroatoms. The lowest BCUT2D eigenvalue weighted by molar-refractivity contribution is -0.135. The molecule has 13 nitrogen and oxygen atoms in total. The Morgan fingerprint density at radius 3 is 1.23 bits per heavy atom. The van der Waals surface area contributed by atoms with E-state index in [9.17, 15) is 14.7 Å². The molecule has 376 valence electrons. The maximum Gasteiger partial charge on any atom is 0.210 e. The van der Waals surface area contributed by atoms with Crippen molar-refractivity contribution in [2.45, 2.75) is 149 Å². The molecule has 4 aromatic heterocycles. The summed E-state index contributed by atoms with van der Waals surface area (Å²) in [7, 11) is 3.92. The van der Waals surface area contributed by atoms with Crippen molar-refractivity contribution in [2.24, 2.45) is 0 Å². The summed E-state index contributed by atoms with van der Waals surface area (Å²) in [6, 6.07) is 21.3. The molecule has 0 radical (unpaired) electrons. The van der Waals surface area contributed by atoms with E-state index in [0.717, 1.165) is 21.4 Å². The molecule has 1 aliphatic rings. The first-order chi connectivity index (χ1) is 32.7. The molecule has 0 aliphatic heterocycles. The molecule has 0 saturated heterocycles. The topological polar surface area (TPSA) is 141 Å². The first kappa shape index (κ1) is 52.8. The fourth-order valence-corrected chi connectivity index (χ4v) is 10.7. The van der Waals surface area contributed by atoms with Crippen molar-refractivity contribution in [3.8, 4) is 0 Å². The quantitative estimate of drug-likeness (QED) is 0.0650. The number of likely N-dealkylation sites (N-methyl/N-ethyl adjacent to an activating group) is 2. The largest absolute Gasteiger partial charge is 0.391 e. The lowest BCUT2D eigenvalue weighted by Crippen LogP contribution is -2.22. The van der Waals surface area contributed by atoms with Crippen LogP contribution in [0.4, 0.5) is 10.0 Å². The van der Waals surface area contributed by atoms with Gasteiger partial charge in [-0.3, -0.25) is 9.59 Å². The summed E-state index contributed by atoms with van der Waals surface area (Å²) in [6.07, 6.45) is 2.72. The number of nitrogens with zero attached hydrogens (tertiary/aromatic N) is 8. The van der Waals surface area contributed by atoms with Crippen molar-refractivity contribution in [1.82, 2.24) is 30.0 Å². The summed E-state index contributed by atoms with van der Waals surface area (Å²) >= 11 is 2.83. The molecule has 1 aliphatic carbocycles. The van der Waals surface area contributed by atoms with E-state index < -0.39 is 29.5 Å². The molecular weight excluding hydrogens is 917 g/mol. The van der Waals surface area contributed by atoms with Crippen LogP contribution in [0.15, 0.2) is 73.1 Å². The Morgan fingerprint density at radius 1 is 0.557 bits per heavy atom. The zero-order valence-corrected chi connectivity index (χ0v) is 45.4. The van der Waals surface area contributed by atoms with E-state index in [1.807, 2.05) is 60.1 Å². The minimum absolute atomic E-state index is 0.0326. The zero-order valence-electron chi connectivity index (χ0n) is 43.8. The number of aliphatic hydroxyl groups excluding tert-OH is 1. The van der Waals surface area contributed by atoms with Crippen LogP contribution in [-0.2, 0) is 67.0 Å². The molecular formula is C55H74N8O5S2. The van der Waals surface area contributed by atoms with E-state index in [-0.39, 0.29) is 21.7 Å². The van der Waals surface area contributed by atoms with Crippen molar-refractivity contribution >= 4 is 44.2 Å². The third-order valence-corrected chi connectivity index (χ3v) is 15.6. The van der Waals surface area contributed by atoms with Crippen LogP contribution in [0.2, 0.25) is 0 Å².